The topological polar surface area (TPSA) is 41.1 Å². The van der Waals surface area contributed by atoms with E-state index in [1.54, 1.807) is 0 Å². The Hall–Kier alpha value is -1.91. The van der Waals surface area contributed by atoms with Crippen molar-refractivity contribution in [3.63, 3.8) is 0 Å². The van der Waals surface area contributed by atoms with Crippen LogP contribution in [0.2, 0.25) is 0 Å². The van der Waals surface area contributed by atoms with Gasteiger partial charge in [0.15, 0.2) is 0 Å². The normalized spacial score (nSPS) is 14.9. The molecule has 1 saturated carbocycles. The van der Waals surface area contributed by atoms with Gasteiger partial charge in [0.25, 0.3) is 0 Å². The molecule has 1 aromatic carbocycles. The summed E-state index contributed by atoms with van der Waals surface area (Å²) in [6.45, 7) is 0. The Bertz CT molecular complexity index is 456. The van der Waals surface area contributed by atoms with E-state index in [4.69, 9.17) is 0 Å². The number of rotatable bonds is 3. The van der Waals surface area contributed by atoms with E-state index in [9.17, 15) is 13.6 Å². The Labute approximate surface area is 97.5 Å². The third-order valence-electron chi connectivity index (χ3n) is 2.38. The van der Waals surface area contributed by atoms with Crippen LogP contribution in [-0.4, -0.2) is 6.03 Å². The molecule has 1 aromatic rings. The average molecular weight is 238 g/mol. The Balaban J connectivity index is 1.88. The van der Waals surface area contributed by atoms with Crippen LogP contribution in [0.4, 0.5) is 19.3 Å². The van der Waals surface area contributed by atoms with Crippen LogP contribution in [0.15, 0.2) is 30.5 Å². The van der Waals surface area contributed by atoms with E-state index in [1.807, 2.05) is 6.08 Å². The van der Waals surface area contributed by atoms with Crippen molar-refractivity contribution in [3.8, 4) is 0 Å². The number of hydrogen-bond donors (Lipinski definition) is 2. The fourth-order valence-corrected chi connectivity index (χ4v) is 1.30. The summed E-state index contributed by atoms with van der Waals surface area (Å²) in [7, 11) is 0. The minimum absolute atomic E-state index is 0.0521. The largest absolute Gasteiger partial charge is 0.323 e. The second kappa shape index (κ2) is 4.95. The first-order valence-corrected chi connectivity index (χ1v) is 5.34. The summed E-state index contributed by atoms with van der Waals surface area (Å²) >= 11 is 0. The van der Waals surface area contributed by atoms with Gasteiger partial charge in [-0.05, 0) is 30.9 Å². The summed E-state index contributed by atoms with van der Waals surface area (Å²) < 4.78 is 25.8. The van der Waals surface area contributed by atoms with Crippen molar-refractivity contribution in [1.29, 1.82) is 0 Å². The molecule has 1 aliphatic carbocycles. The van der Waals surface area contributed by atoms with Crippen LogP contribution in [-0.2, 0) is 0 Å². The molecule has 0 unspecified atom stereocenters. The zero-order chi connectivity index (χ0) is 12.3. The number of carbonyl (C=O) groups is 1. The average Bonchev–Trinajstić information content (AvgIpc) is 3.06. The van der Waals surface area contributed by atoms with E-state index in [1.165, 1.54) is 12.3 Å². The number of hydrogen-bond acceptors (Lipinski definition) is 1. The van der Waals surface area contributed by atoms with Gasteiger partial charge in [-0.2, -0.15) is 0 Å². The maximum absolute atomic E-state index is 13.2. The minimum Gasteiger partial charge on any atom is -0.315 e. The third-order valence-corrected chi connectivity index (χ3v) is 2.38. The lowest BCUT2D eigenvalue weighted by Gasteiger charge is -2.05. The van der Waals surface area contributed by atoms with Gasteiger partial charge in [0.05, 0.1) is 5.69 Å². The van der Waals surface area contributed by atoms with Crippen molar-refractivity contribution in [2.45, 2.75) is 12.8 Å². The monoisotopic (exact) mass is 238 g/mol. The lowest BCUT2D eigenvalue weighted by Crippen LogP contribution is -2.24. The summed E-state index contributed by atoms with van der Waals surface area (Å²) in [5.74, 6) is -0.925. The molecule has 0 spiro atoms. The van der Waals surface area contributed by atoms with Gasteiger partial charge in [-0.3, -0.25) is 0 Å². The van der Waals surface area contributed by atoms with Crippen molar-refractivity contribution in [2.75, 3.05) is 5.32 Å². The Kier molecular flexibility index (Phi) is 3.37. The molecule has 0 aromatic heterocycles. The van der Waals surface area contributed by atoms with E-state index in [0.29, 0.717) is 5.92 Å². The number of carbonyl (C=O) groups excluding carboxylic acids is 1. The number of nitrogens with one attached hydrogen (secondary N) is 2. The van der Waals surface area contributed by atoms with Gasteiger partial charge in [-0.15, -0.1) is 0 Å². The third kappa shape index (κ3) is 3.55. The van der Waals surface area contributed by atoms with Crippen molar-refractivity contribution in [3.05, 3.63) is 42.1 Å². The zero-order valence-corrected chi connectivity index (χ0v) is 9.04. The molecule has 0 atom stereocenters. The molecule has 2 N–H and O–H groups in total. The lowest BCUT2D eigenvalue weighted by atomic mass is 10.3. The van der Waals surface area contributed by atoms with Crippen LogP contribution in [0.5, 0.6) is 0 Å². The quantitative estimate of drug-likeness (QED) is 0.835. The van der Waals surface area contributed by atoms with Crippen molar-refractivity contribution >= 4 is 11.7 Å². The van der Waals surface area contributed by atoms with Gasteiger partial charge in [-0.25, -0.2) is 13.6 Å². The molecule has 0 bridgehead atoms. The number of halogens is 2. The van der Waals surface area contributed by atoms with E-state index < -0.39 is 17.7 Å². The fourth-order valence-electron chi connectivity index (χ4n) is 1.30. The highest BCUT2D eigenvalue weighted by atomic mass is 19.1. The second-order valence-corrected chi connectivity index (χ2v) is 3.92. The summed E-state index contributed by atoms with van der Waals surface area (Å²) in [5.41, 5.74) is -0.0521. The smallest absolute Gasteiger partial charge is 0.315 e. The van der Waals surface area contributed by atoms with Crippen molar-refractivity contribution in [1.82, 2.24) is 5.32 Å². The molecule has 0 saturated heterocycles. The predicted octanol–water partition coefficient (Wildman–Crippen LogP) is 3.01. The van der Waals surface area contributed by atoms with Gasteiger partial charge in [0.1, 0.15) is 11.6 Å². The molecule has 0 radical (unpaired) electrons. The van der Waals surface area contributed by atoms with Gasteiger partial charge >= 0.3 is 6.03 Å². The molecular weight excluding hydrogens is 226 g/mol. The van der Waals surface area contributed by atoms with Crippen molar-refractivity contribution < 1.29 is 13.6 Å². The summed E-state index contributed by atoms with van der Waals surface area (Å²) in [5, 5.41) is 4.74. The maximum atomic E-state index is 13.2. The van der Waals surface area contributed by atoms with E-state index in [2.05, 4.69) is 10.6 Å². The molecule has 1 fully saturated rings. The standard InChI is InChI=1S/C12H12F2N2O/c13-9-3-4-11(10(14)7-9)16-12(17)15-6-5-8-1-2-8/h3-8H,1-2H2,(H2,15,16,17)/b6-5+. The molecule has 3 nitrogen and oxygen atoms in total. The van der Waals surface area contributed by atoms with Crippen molar-refractivity contribution in [2.24, 2.45) is 5.92 Å². The summed E-state index contributed by atoms with van der Waals surface area (Å²) in [6, 6.07) is 2.43. The van der Waals surface area contributed by atoms with E-state index >= 15 is 0 Å². The molecule has 0 aliphatic heterocycles. The fraction of sp³-hybridized carbons (Fsp3) is 0.250. The Morgan fingerprint density at radius 3 is 2.76 bits per heavy atom. The van der Waals surface area contributed by atoms with Gasteiger partial charge in [-0.1, -0.05) is 6.08 Å². The number of urea groups is 1. The molecule has 2 amide bonds. The SMILES string of the molecule is O=C(N/C=C/C1CC1)Nc1ccc(F)cc1F. The lowest BCUT2D eigenvalue weighted by molar-refractivity contribution is 0.255. The van der Waals surface area contributed by atoms with E-state index in [0.717, 1.165) is 25.0 Å². The molecule has 2 rings (SSSR count). The summed E-state index contributed by atoms with van der Waals surface area (Å²) in [4.78, 5) is 11.3. The van der Waals surface area contributed by atoms with Crippen LogP contribution < -0.4 is 10.6 Å². The predicted molar refractivity (Wildman–Crippen MR) is 60.4 cm³/mol. The van der Waals surface area contributed by atoms with Crippen LogP contribution >= 0.6 is 0 Å². The van der Waals surface area contributed by atoms with Gasteiger partial charge in [0.2, 0.25) is 0 Å². The first-order chi connectivity index (χ1) is 8.15. The first kappa shape index (κ1) is 11.6. The highest BCUT2D eigenvalue weighted by Gasteiger charge is 2.17. The van der Waals surface area contributed by atoms with Gasteiger partial charge in [0, 0.05) is 12.3 Å². The molecule has 1 aliphatic rings. The van der Waals surface area contributed by atoms with Crippen LogP contribution in [0.25, 0.3) is 0 Å². The van der Waals surface area contributed by atoms with E-state index in [-0.39, 0.29) is 5.69 Å². The minimum atomic E-state index is -0.800. The van der Waals surface area contributed by atoms with Crippen LogP contribution in [0.1, 0.15) is 12.8 Å². The second-order valence-electron chi connectivity index (χ2n) is 3.92. The molecule has 90 valence electrons. The Morgan fingerprint density at radius 2 is 2.12 bits per heavy atom. The summed E-state index contributed by atoms with van der Waals surface area (Å²) in [6.07, 6.45) is 5.72. The number of anilines is 1. The number of allylic oxidation sites excluding steroid dienone is 1. The Morgan fingerprint density at radius 1 is 1.35 bits per heavy atom. The zero-order valence-electron chi connectivity index (χ0n) is 9.04. The number of benzene rings is 1. The maximum Gasteiger partial charge on any atom is 0.323 e. The molecular formula is C12H12F2N2O. The van der Waals surface area contributed by atoms with Crippen LogP contribution in [0.3, 0.4) is 0 Å². The van der Waals surface area contributed by atoms with Crippen LogP contribution in [0, 0.1) is 17.6 Å². The molecule has 17 heavy (non-hydrogen) atoms. The first-order valence-electron chi connectivity index (χ1n) is 5.34. The highest BCUT2D eigenvalue weighted by Crippen LogP contribution is 2.29. The molecule has 5 heteroatoms. The highest BCUT2D eigenvalue weighted by molar-refractivity contribution is 5.89. The molecule has 0 heterocycles. The van der Waals surface area contributed by atoms with Gasteiger partial charge < -0.3 is 10.6 Å². The number of amides is 2.